The summed E-state index contributed by atoms with van der Waals surface area (Å²) in [6, 6.07) is 4.32. The molecule has 4 nitrogen and oxygen atoms in total. The molecule has 0 spiro atoms. The van der Waals surface area contributed by atoms with Gasteiger partial charge >= 0.3 is 0 Å². The van der Waals surface area contributed by atoms with Gasteiger partial charge in [-0.05, 0) is 25.0 Å². The van der Waals surface area contributed by atoms with Crippen LogP contribution >= 0.6 is 0 Å². The minimum absolute atomic E-state index is 0.0827. The molecule has 1 amide bonds. The smallest absolute Gasteiger partial charge is 0.223 e. The highest BCUT2D eigenvalue weighted by atomic mass is 19.1. The Kier molecular flexibility index (Phi) is 3.85. The maximum absolute atomic E-state index is 12.7. The number of nitrogens with zero attached hydrogens (tertiary/aromatic N) is 3. The standard InChI is InChI=1S/C15H20FN3O/c16-10-12-9-15(20)19(11-12)14-3-7-18(8-4-14)13-1-5-17-6-2-13/h1-2,5-6,12,14H,3-4,7-11H2. The van der Waals surface area contributed by atoms with Gasteiger partial charge in [-0.1, -0.05) is 0 Å². The zero-order valence-electron chi connectivity index (χ0n) is 11.5. The van der Waals surface area contributed by atoms with E-state index in [4.69, 9.17) is 0 Å². The van der Waals surface area contributed by atoms with Crippen molar-refractivity contribution in [1.29, 1.82) is 0 Å². The molecular formula is C15H20FN3O. The van der Waals surface area contributed by atoms with Gasteiger partial charge in [-0.25, -0.2) is 0 Å². The summed E-state index contributed by atoms with van der Waals surface area (Å²) in [5.41, 5.74) is 1.19. The minimum Gasteiger partial charge on any atom is -0.371 e. The van der Waals surface area contributed by atoms with Gasteiger partial charge in [0, 0.05) is 56.1 Å². The van der Waals surface area contributed by atoms with Gasteiger partial charge in [0.15, 0.2) is 0 Å². The van der Waals surface area contributed by atoms with E-state index in [1.165, 1.54) is 5.69 Å². The van der Waals surface area contributed by atoms with Crippen LogP contribution in [0.3, 0.4) is 0 Å². The molecule has 1 unspecified atom stereocenters. The fourth-order valence-electron chi connectivity index (χ4n) is 3.26. The van der Waals surface area contributed by atoms with Gasteiger partial charge in [-0.2, -0.15) is 0 Å². The number of hydrogen-bond donors (Lipinski definition) is 0. The van der Waals surface area contributed by atoms with E-state index in [2.05, 4.69) is 9.88 Å². The van der Waals surface area contributed by atoms with Crippen molar-refractivity contribution in [1.82, 2.24) is 9.88 Å². The van der Waals surface area contributed by atoms with E-state index in [9.17, 15) is 9.18 Å². The predicted octanol–water partition coefficient (Wildman–Crippen LogP) is 1.87. The van der Waals surface area contributed by atoms with Crippen LogP contribution < -0.4 is 4.90 Å². The lowest BCUT2D eigenvalue weighted by molar-refractivity contribution is -0.130. The van der Waals surface area contributed by atoms with Gasteiger partial charge in [0.05, 0.1) is 6.67 Å². The first-order valence-electron chi connectivity index (χ1n) is 7.28. The first-order valence-corrected chi connectivity index (χ1v) is 7.28. The molecule has 1 aromatic rings. The molecule has 0 aliphatic carbocycles. The maximum atomic E-state index is 12.7. The zero-order valence-corrected chi connectivity index (χ0v) is 11.5. The molecule has 1 aromatic heterocycles. The largest absolute Gasteiger partial charge is 0.371 e. The van der Waals surface area contributed by atoms with Crippen molar-refractivity contribution >= 4 is 11.6 Å². The van der Waals surface area contributed by atoms with Crippen LogP contribution in [0.2, 0.25) is 0 Å². The third-order valence-corrected chi connectivity index (χ3v) is 4.39. The van der Waals surface area contributed by atoms with Crippen LogP contribution in [0.4, 0.5) is 10.1 Å². The molecule has 0 aromatic carbocycles. The van der Waals surface area contributed by atoms with Crippen LogP contribution in [-0.2, 0) is 4.79 Å². The molecular weight excluding hydrogens is 257 g/mol. The van der Waals surface area contributed by atoms with Crippen LogP contribution in [0, 0.1) is 5.92 Å². The molecule has 0 bridgehead atoms. The zero-order chi connectivity index (χ0) is 13.9. The number of carbonyl (C=O) groups excluding carboxylic acids is 1. The van der Waals surface area contributed by atoms with Crippen molar-refractivity contribution in [2.75, 3.05) is 31.2 Å². The van der Waals surface area contributed by atoms with Crippen molar-refractivity contribution in [3.63, 3.8) is 0 Å². The van der Waals surface area contributed by atoms with Crippen LogP contribution in [0.25, 0.3) is 0 Å². The summed E-state index contributed by atoms with van der Waals surface area (Å²) in [7, 11) is 0. The molecule has 5 heteroatoms. The summed E-state index contributed by atoms with van der Waals surface area (Å²) in [5.74, 6) is 0.0516. The van der Waals surface area contributed by atoms with E-state index in [1.807, 2.05) is 17.0 Å². The summed E-state index contributed by atoms with van der Waals surface area (Å²) in [4.78, 5) is 20.2. The highest BCUT2D eigenvalue weighted by Gasteiger charge is 2.35. The molecule has 0 N–H and O–H groups in total. The van der Waals surface area contributed by atoms with Gasteiger partial charge in [-0.15, -0.1) is 0 Å². The Morgan fingerprint density at radius 3 is 2.55 bits per heavy atom. The molecule has 3 rings (SSSR count). The predicted molar refractivity (Wildman–Crippen MR) is 75.3 cm³/mol. The molecule has 1 atom stereocenters. The molecule has 0 radical (unpaired) electrons. The maximum Gasteiger partial charge on any atom is 0.223 e. The number of anilines is 1. The Labute approximate surface area is 118 Å². The van der Waals surface area contributed by atoms with E-state index < -0.39 is 0 Å². The Balaban J connectivity index is 1.58. The van der Waals surface area contributed by atoms with Crippen LogP contribution in [0.5, 0.6) is 0 Å². The van der Waals surface area contributed by atoms with E-state index in [-0.39, 0.29) is 24.5 Å². The Bertz CT molecular complexity index is 459. The number of likely N-dealkylation sites (tertiary alicyclic amines) is 1. The fraction of sp³-hybridized carbons (Fsp3) is 0.600. The summed E-state index contributed by atoms with van der Waals surface area (Å²) in [6.45, 7) is 2.12. The SMILES string of the molecule is O=C1CC(CF)CN1C1CCN(c2ccncc2)CC1. The topological polar surface area (TPSA) is 36.4 Å². The quantitative estimate of drug-likeness (QED) is 0.846. The lowest BCUT2D eigenvalue weighted by Crippen LogP contribution is -2.45. The summed E-state index contributed by atoms with van der Waals surface area (Å²) < 4.78 is 12.7. The first kappa shape index (κ1) is 13.3. The Morgan fingerprint density at radius 2 is 1.95 bits per heavy atom. The number of rotatable bonds is 3. The van der Waals surface area contributed by atoms with Gasteiger partial charge in [0.2, 0.25) is 5.91 Å². The number of alkyl halides is 1. The van der Waals surface area contributed by atoms with Crippen molar-refractivity contribution < 1.29 is 9.18 Å². The first-order chi connectivity index (χ1) is 9.78. The van der Waals surface area contributed by atoms with Crippen molar-refractivity contribution in [2.24, 2.45) is 5.92 Å². The molecule has 3 heterocycles. The normalized spacial score (nSPS) is 24.4. The molecule has 2 aliphatic heterocycles. The van der Waals surface area contributed by atoms with Gasteiger partial charge in [0.25, 0.3) is 0 Å². The minimum atomic E-state index is -0.377. The second-order valence-electron chi connectivity index (χ2n) is 5.69. The number of halogens is 1. The van der Waals surface area contributed by atoms with Crippen LogP contribution in [-0.4, -0.2) is 48.1 Å². The highest BCUT2D eigenvalue weighted by Crippen LogP contribution is 2.27. The van der Waals surface area contributed by atoms with Crippen molar-refractivity contribution in [3.05, 3.63) is 24.5 Å². The summed E-state index contributed by atoms with van der Waals surface area (Å²) in [5, 5.41) is 0. The molecule has 20 heavy (non-hydrogen) atoms. The molecule has 108 valence electrons. The Hall–Kier alpha value is -1.65. The van der Waals surface area contributed by atoms with Gasteiger partial charge < -0.3 is 9.80 Å². The summed E-state index contributed by atoms with van der Waals surface area (Å²) in [6.07, 6.45) is 5.93. The summed E-state index contributed by atoms with van der Waals surface area (Å²) >= 11 is 0. The number of carbonyl (C=O) groups is 1. The average Bonchev–Trinajstić information content (AvgIpc) is 2.89. The van der Waals surface area contributed by atoms with E-state index in [0.717, 1.165) is 25.9 Å². The van der Waals surface area contributed by atoms with Crippen LogP contribution in [0.15, 0.2) is 24.5 Å². The number of pyridine rings is 1. The second kappa shape index (κ2) is 5.77. The second-order valence-corrected chi connectivity index (χ2v) is 5.69. The average molecular weight is 277 g/mol. The lowest BCUT2D eigenvalue weighted by atomic mass is 10.0. The molecule has 2 fully saturated rings. The van der Waals surface area contributed by atoms with Gasteiger partial charge in [-0.3, -0.25) is 14.2 Å². The van der Waals surface area contributed by atoms with Crippen LogP contribution in [0.1, 0.15) is 19.3 Å². The number of amides is 1. The lowest BCUT2D eigenvalue weighted by Gasteiger charge is -2.37. The number of aromatic nitrogens is 1. The van der Waals surface area contributed by atoms with Crippen molar-refractivity contribution in [3.8, 4) is 0 Å². The third-order valence-electron chi connectivity index (χ3n) is 4.39. The van der Waals surface area contributed by atoms with Crippen molar-refractivity contribution in [2.45, 2.75) is 25.3 Å². The fourth-order valence-corrected chi connectivity index (χ4v) is 3.26. The Morgan fingerprint density at radius 1 is 1.25 bits per heavy atom. The molecule has 2 saturated heterocycles. The van der Waals surface area contributed by atoms with E-state index in [1.54, 1.807) is 12.4 Å². The number of piperidine rings is 1. The van der Waals surface area contributed by atoms with Gasteiger partial charge in [0.1, 0.15) is 0 Å². The van der Waals surface area contributed by atoms with E-state index >= 15 is 0 Å². The number of hydrogen-bond acceptors (Lipinski definition) is 3. The van der Waals surface area contributed by atoms with E-state index in [0.29, 0.717) is 13.0 Å². The highest BCUT2D eigenvalue weighted by molar-refractivity contribution is 5.79. The third kappa shape index (κ3) is 2.62. The monoisotopic (exact) mass is 277 g/mol. The molecule has 0 saturated carbocycles. The molecule has 2 aliphatic rings.